The number of carbonyl (C=O) groups excluding carboxylic acids is 1. The van der Waals surface area contributed by atoms with Crippen LogP contribution in [-0.2, 0) is 4.79 Å². The van der Waals surface area contributed by atoms with Gasteiger partial charge in [-0.3, -0.25) is 4.79 Å². The predicted octanol–water partition coefficient (Wildman–Crippen LogP) is 0.662. The Morgan fingerprint density at radius 1 is 1.46 bits per heavy atom. The molecule has 0 unspecified atom stereocenters. The first-order valence-corrected chi connectivity index (χ1v) is 4.94. The third kappa shape index (κ3) is 2.69. The van der Waals surface area contributed by atoms with Crippen LogP contribution >= 0.6 is 0 Å². The first-order valence-electron chi connectivity index (χ1n) is 4.94. The molecule has 0 aromatic rings. The Balaban J connectivity index is 2.22. The second-order valence-corrected chi connectivity index (χ2v) is 4.53. The van der Waals surface area contributed by atoms with Crippen molar-refractivity contribution in [1.29, 1.82) is 0 Å². The van der Waals surface area contributed by atoms with Gasteiger partial charge >= 0.3 is 0 Å². The van der Waals surface area contributed by atoms with Crippen LogP contribution in [0.2, 0.25) is 0 Å². The molecule has 13 heavy (non-hydrogen) atoms. The Labute approximate surface area is 80.7 Å². The van der Waals surface area contributed by atoms with Gasteiger partial charge in [-0.15, -0.1) is 0 Å². The van der Waals surface area contributed by atoms with Crippen LogP contribution in [0.4, 0.5) is 0 Å². The minimum atomic E-state index is 0.153. The number of amides is 1. The van der Waals surface area contributed by atoms with Gasteiger partial charge < -0.3 is 9.80 Å². The van der Waals surface area contributed by atoms with Gasteiger partial charge in [0.15, 0.2) is 0 Å². The van der Waals surface area contributed by atoms with Crippen molar-refractivity contribution >= 4 is 5.91 Å². The Morgan fingerprint density at radius 3 is 2.38 bits per heavy atom. The highest BCUT2D eigenvalue weighted by molar-refractivity contribution is 5.78. The molecule has 76 valence electrons. The molecule has 0 aromatic carbocycles. The van der Waals surface area contributed by atoms with Gasteiger partial charge in [-0.1, -0.05) is 13.8 Å². The lowest BCUT2D eigenvalue weighted by molar-refractivity contribution is -0.141. The van der Waals surface area contributed by atoms with E-state index in [2.05, 4.69) is 19.0 Å². The van der Waals surface area contributed by atoms with Gasteiger partial charge in [0, 0.05) is 31.5 Å². The summed E-state index contributed by atoms with van der Waals surface area (Å²) in [6, 6.07) is 0. The van der Waals surface area contributed by atoms with Crippen LogP contribution in [0.1, 0.15) is 13.8 Å². The second-order valence-electron chi connectivity index (χ2n) is 4.53. The van der Waals surface area contributed by atoms with Gasteiger partial charge in [0.05, 0.1) is 0 Å². The first-order chi connectivity index (χ1) is 6.00. The molecule has 0 aliphatic carbocycles. The fraction of sp³-hybridized carbons (Fsp3) is 0.900. The zero-order chi connectivity index (χ0) is 10.0. The Bertz CT molecular complexity index is 183. The monoisotopic (exact) mass is 184 g/mol. The summed E-state index contributed by atoms with van der Waals surface area (Å²) in [5.41, 5.74) is 0. The second kappa shape index (κ2) is 4.09. The molecular weight excluding hydrogens is 164 g/mol. The maximum atomic E-state index is 11.5. The molecule has 0 N–H and O–H groups in total. The van der Waals surface area contributed by atoms with E-state index in [1.807, 2.05) is 18.7 Å². The summed E-state index contributed by atoms with van der Waals surface area (Å²) >= 11 is 0. The van der Waals surface area contributed by atoms with Crippen molar-refractivity contribution < 1.29 is 4.79 Å². The van der Waals surface area contributed by atoms with Crippen LogP contribution in [0.3, 0.4) is 0 Å². The molecule has 1 amide bonds. The summed E-state index contributed by atoms with van der Waals surface area (Å²) in [6.07, 6.45) is 0. The zero-order valence-corrected chi connectivity index (χ0v) is 9.08. The van der Waals surface area contributed by atoms with Gasteiger partial charge in [0.25, 0.3) is 0 Å². The molecule has 1 aliphatic heterocycles. The van der Waals surface area contributed by atoms with Crippen LogP contribution in [0.15, 0.2) is 0 Å². The lowest BCUT2D eigenvalue weighted by Gasteiger charge is -2.41. The molecule has 0 saturated carbocycles. The molecule has 1 heterocycles. The molecule has 3 nitrogen and oxygen atoms in total. The summed E-state index contributed by atoms with van der Waals surface area (Å²) < 4.78 is 0. The lowest BCUT2D eigenvalue weighted by atomic mass is 9.98. The summed E-state index contributed by atoms with van der Waals surface area (Å²) in [5.74, 6) is 1.15. The van der Waals surface area contributed by atoms with E-state index in [-0.39, 0.29) is 5.92 Å². The van der Waals surface area contributed by atoms with E-state index in [0.29, 0.717) is 11.8 Å². The number of rotatable bonds is 3. The van der Waals surface area contributed by atoms with Crippen molar-refractivity contribution in [2.45, 2.75) is 13.8 Å². The maximum Gasteiger partial charge on any atom is 0.225 e. The quantitative estimate of drug-likeness (QED) is 0.643. The van der Waals surface area contributed by atoms with Crippen molar-refractivity contribution in [3.63, 3.8) is 0 Å². The van der Waals surface area contributed by atoms with Crippen LogP contribution < -0.4 is 0 Å². The molecule has 0 aromatic heterocycles. The highest BCUT2D eigenvalue weighted by Gasteiger charge is 2.31. The number of carbonyl (C=O) groups is 1. The van der Waals surface area contributed by atoms with Crippen molar-refractivity contribution in [1.82, 2.24) is 9.80 Å². The van der Waals surface area contributed by atoms with E-state index in [1.165, 1.54) is 0 Å². The number of hydrogen-bond donors (Lipinski definition) is 0. The molecular formula is C10H20N2O. The van der Waals surface area contributed by atoms with Gasteiger partial charge in [0.1, 0.15) is 0 Å². The minimum Gasteiger partial charge on any atom is -0.342 e. The van der Waals surface area contributed by atoms with E-state index in [9.17, 15) is 4.79 Å². The molecule has 1 rings (SSSR count). The van der Waals surface area contributed by atoms with Crippen molar-refractivity contribution in [3.05, 3.63) is 0 Å². The average Bonchev–Trinajstić information content (AvgIpc) is 1.94. The first kappa shape index (κ1) is 10.5. The molecule has 3 heteroatoms. The van der Waals surface area contributed by atoms with Crippen LogP contribution in [-0.4, -0.2) is 49.4 Å². The zero-order valence-electron chi connectivity index (χ0n) is 9.08. The van der Waals surface area contributed by atoms with E-state index in [1.54, 1.807) is 0 Å². The fourth-order valence-electron chi connectivity index (χ4n) is 1.75. The summed E-state index contributed by atoms with van der Waals surface area (Å²) in [4.78, 5) is 15.6. The van der Waals surface area contributed by atoms with Gasteiger partial charge in [-0.2, -0.15) is 0 Å². The van der Waals surface area contributed by atoms with Gasteiger partial charge in [-0.05, 0) is 14.1 Å². The lowest BCUT2D eigenvalue weighted by Crippen LogP contribution is -2.54. The highest BCUT2D eigenvalue weighted by Crippen LogP contribution is 2.18. The van der Waals surface area contributed by atoms with E-state index >= 15 is 0 Å². The normalized spacial score (nSPS) is 18.2. The summed E-state index contributed by atoms with van der Waals surface area (Å²) in [5, 5.41) is 0. The smallest absolute Gasteiger partial charge is 0.225 e. The number of hydrogen-bond acceptors (Lipinski definition) is 2. The fourth-order valence-corrected chi connectivity index (χ4v) is 1.75. The van der Waals surface area contributed by atoms with Crippen LogP contribution in [0.5, 0.6) is 0 Å². The van der Waals surface area contributed by atoms with E-state index in [0.717, 1.165) is 19.6 Å². The van der Waals surface area contributed by atoms with E-state index in [4.69, 9.17) is 0 Å². The molecule has 1 saturated heterocycles. The topological polar surface area (TPSA) is 23.6 Å². The Kier molecular flexibility index (Phi) is 3.31. The molecule has 1 fully saturated rings. The van der Waals surface area contributed by atoms with Gasteiger partial charge in [-0.25, -0.2) is 0 Å². The molecule has 0 bridgehead atoms. The van der Waals surface area contributed by atoms with Gasteiger partial charge in [0.2, 0.25) is 5.91 Å². The molecule has 0 spiro atoms. The van der Waals surface area contributed by atoms with Crippen molar-refractivity contribution in [3.8, 4) is 0 Å². The Hall–Kier alpha value is -0.570. The number of nitrogens with zero attached hydrogens (tertiary/aromatic N) is 2. The van der Waals surface area contributed by atoms with Crippen LogP contribution in [0.25, 0.3) is 0 Å². The third-order valence-corrected chi connectivity index (χ3v) is 2.39. The summed E-state index contributed by atoms with van der Waals surface area (Å²) in [6.45, 7) is 6.93. The van der Waals surface area contributed by atoms with Crippen molar-refractivity contribution in [2.24, 2.45) is 11.8 Å². The number of likely N-dealkylation sites (tertiary alicyclic amines) is 1. The SMILES string of the molecule is CC(C)C(=O)N1CC(CN(C)C)C1. The maximum absolute atomic E-state index is 11.5. The third-order valence-electron chi connectivity index (χ3n) is 2.39. The van der Waals surface area contributed by atoms with Crippen molar-refractivity contribution in [2.75, 3.05) is 33.7 Å². The Morgan fingerprint density at radius 2 is 2.00 bits per heavy atom. The largest absolute Gasteiger partial charge is 0.342 e. The summed E-state index contributed by atoms with van der Waals surface area (Å²) in [7, 11) is 4.15. The molecule has 0 radical (unpaired) electrons. The highest BCUT2D eigenvalue weighted by atomic mass is 16.2. The minimum absolute atomic E-state index is 0.153. The molecule has 1 aliphatic rings. The predicted molar refractivity (Wildman–Crippen MR) is 53.5 cm³/mol. The average molecular weight is 184 g/mol. The standard InChI is InChI=1S/C10H20N2O/c1-8(2)10(13)12-6-9(7-12)5-11(3)4/h8-9H,5-7H2,1-4H3. The van der Waals surface area contributed by atoms with Crippen LogP contribution in [0, 0.1) is 11.8 Å². The molecule has 0 atom stereocenters. The van der Waals surface area contributed by atoms with E-state index < -0.39 is 0 Å².